The van der Waals surface area contributed by atoms with Crippen LogP contribution in [0.2, 0.25) is 0 Å². The minimum Gasteiger partial charge on any atom is -0.481 e. The van der Waals surface area contributed by atoms with E-state index < -0.39 is 11.9 Å². The third-order valence-electron chi connectivity index (χ3n) is 4.22. The first kappa shape index (κ1) is 15.0. The summed E-state index contributed by atoms with van der Waals surface area (Å²) in [7, 11) is 0. The second-order valence-corrected chi connectivity index (χ2v) is 6.55. The summed E-state index contributed by atoms with van der Waals surface area (Å²) in [5, 5.41) is 14.0. The smallest absolute Gasteiger partial charge is 0.308 e. The number of nitrogens with one attached hydrogen (secondary N) is 1. The van der Waals surface area contributed by atoms with E-state index >= 15 is 0 Å². The van der Waals surface area contributed by atoms with Crippen molar-refractivity contribution in [2.45, 2.75) is 25.3 Å². The monoisotopic (exact) mass is 361 g/mol. The molecule has 0 aromatic heterocycles. The SMILES string of the molecule is O=C(N[C@H]1CCC[C@H]1C(=O)O)c1cc(Br)cc2ccccc12. The number of carboxylic acids is 1. The fourth-order valence-electron chi connectivity index (χ4n) is 3.14. The number of carbonyl (C=O) groups is 2. The zero-order valence-corrected chi connectivity index (χ0v) is 13.5. The van der Waals surface area contributed by atoms with Crippen LogP contribution < -0.4 is 5.32 Å². The minimum atomic E-state index is -0.832. The van der Waals surface area contributed by atoms with E-state index in [1.54, 1.807) is 6.07 Å². The van der Waals surface area contributed by atoms with Crippen LogP contribution in [0.15, 0.2) is 40.9 Å². The van der Waals surface area contributed by atoms with Gasteiger partial charge >= 0.3 is 5.97 Å². The van der Waals surface area contributed by atoms with E-state index in [9.17, 15) is 14.7 Å². The van der Waals surface area contributed by atoms with Gasteiger partial charge in [-0.15, -0.1) is 0 Å². The predicted octanol–water partition coefficient (Wildman–Crippen LogP) is 3.59. The van der Waals surface area contributed by atoms with Crippen LogP contribution in [-0.2, 0) is 4.79 Å². The Morgan fingerprint density at radius 3 is 2.73 bits per heavy atom. The summed E-state index contributed by atoms with van der Waals surface area (Å²) in [4.78, 5) is 23.8. The highest BCUT2D eigenvalue weighted by Crippen LogP contribution is 2.28. The zero-order valence-electron chi connectivity index (χ0n) is 11.9. The van der Waals surface area contributed by atoms with Gasteiger partial charge in [-0.25, -0.2) is 0 Å². The topological polar surface area (TPSA) is 66.4 Å². The zero-order chi connectivity index (χ0) is 15.7. The van der Waals surface area contributed by atoms with Gasteiger partial charge in [-0.05, 0) is 35.7 Å². The highest BCUT2D eigenvalue weighted by molar-refractivity contribution is 9.10. The first-order valence-electron chi connectivity index (χ1n) is 7.28. The summed E-state index contributed by atoms with van der Waals surface area (Å²) in [5.41, 5.74) is 0.570. The molecule has 5 heteroatoms. The van der Waals surface area contributed by atoms with Crippen LogP contribution in [0.3, 0.4) is 0 Å². The van der Waals surface area contributed by atoms with Crippen molar-refractivity contribution in [3.05, 3.63) is 46.4 Å². The fraction of sp³-hybridized carbons (Fsp3) is 0.294. The van der Waals surface area contributed by atoms with Gasteiger partial charge in [0.15, 0.2) is 0 Å². The number of rotatable bonds is 3. The van der Waals surface area contributed by atoms with E-state index in [0.29, 0.717) is 18.4 Å². The lowest BCUT2D eigenvalue weighted by atomic mass is 10.0. The fourth-order valence-corrected chi connectivity index (χ4v) is 3.61. The highest BCUT2D eigenvalue weighted by Gasteiger charge is 2.34. The van der Waals surface area contributed by atoms with Gasteiger partial charge < -0.3 is 10.4 Å². The quantitative estimate of drug-likeness (QED) is 0.877. The molecular weight excluding hydrogens is 346 g/mol. The molecule has 1 fully saturated rings. The average Bonchev–Trinajstić information content (AvgIpc) is 2.94. The van der Waals surface area contributed by atoms with Gasteiger partial charge in [0.2, 0.25) is 0 Å². The van der Waals surface area contributed by atoms with Crippen LogP contribution in [0.4, 0.5) is 0 Å². The van der Waals surface area contributed by atoms with E-state index in [1.807, 2.05) is 30.3 Å². The molecule has 2 atom stereocenters. The molecule has 114 valence electrons. The average molecular weight is 362 g/mol. The second kappa shape index (κ2) is 6.08. The number of hydrogen-bond acceptors (Lipinski definition) is 2. The summed E-state index contributed by atoms with van der Waals surface area (Å²) in [6.07, 6.45) is 2.18. The Kier molecular flexibility index (Phi) is 4.16. The molecule has 0 heterocycles. The Morgan fingerprint density at radius 2 is 1.95 bits per heavy atom. The molecule has 0 spiro atoms. The molecule has 1 aliphatic carbocycles. The van der Waals surface area contributed by atoms with E-state index in [2.05, 4.69) is 21.2 Å². The molecule has 2 aromatic carbocycles. The van der Waals surface area contributed by atoms with Gasteiger partial charge in [-0.2, -0.15) is 0 Å². The number of halogens is 1. The molecule has 0 radical (unpaired) electrons. The normalized spacial score (nSPS) is 21.0. The Balaban J connectivity index is 1.91. The first-order chi connectivity index (χ1) is 10.6. The van der Waals surface area contributed by atoms with E-state index in [0.717, 1.165) is 21.7 Å². The van der Waals surface area contributed by atoms with Crippen LogP contribution in [0, 0.1) is 5.92 Å². The van der Waals surface area contributed by atoms with Gasteiger partial charge in [-0.3, -0.25) is 9.59 Å². The van der Waals surface area contributed by atoms with E-state index in [4.69, 9.17) is 0 Å². The van der Waals surface area contributed by atoms with Crippen LogP contribution in [0.25, 0.3) is 10.8 Å². The molecule has 1 amide bonds. The summed E-state index contributed by atoms with van der Waals surface area (Å²) in [6.45, 7) is 0. The summed E-state index contributed by atoms with van der Waals surface area (Å²) in [5.74, 6) is -1.53. The lowest BCUT2D eigenvalue weighted by Gasteiger charge is -2.18. The maximum Gasteiger partial charge on any atom is 0.308 e. The van der Waals surface area contributed by atoms with Crippen molar-refractivity contribution in [2.24, 2.45) is 5.92 Å². The molecular formula is C17H16BrNO3. The van der Waals surface area contributed by atoms with Gasteiger partial charge in [-0.1, -0.05) is 46.6 Å². The Hall–Kier alpha value is -1.88. The largest absolute Gasteiger partial charge is 0.481 e. The highest BCUT2D eigenvalue weighted by atomic mass is 79.9. The standard InChI is InChI=1S/C17H16BrNO3/c18-11-8-10-4-1-2-5-12(10)14(9-11)16(20)19-15-7-3-6-13(15)17(21)22/h1-2,4-5,8-9,13,15H,3,6-7H2,(H,19,20)(H,21,22)/t13-,15+/m1/s1. The molecule has 4 nitrogen and oxygen atoms in total. The van der Waals surface area contributed by atoms with Crippen molar-refractivity contribution in [1.29, 1.82) is 0 Å². The predicted molar refractivity (Wildman–Crippen MR) is 87.9 cm³/mol. The van der Waals surface area contributed by atoms with Crippen molar-refractivity contribution in [3.63, 3.8) is 0 Å². The second-order valence-electron chi connectivity index (χ2n) is 5.63. The van der Waals surface area contributed by atoms with Crippen molar-refractivity contribution in [3.8, 4) is 0 Å². The summed E-state index contributed by atoms with van der Waals surface area (Å²) >= 11 is 3.43. The third kappa shape index (κ3) is 2.86. The number of carboxylic acid groups (broad SMARTS) is 1. The van der Waals surface area contributed by atoms with Crippen molar-refractivity contribution in [2.75, 3.05) is 0 Å². The number of benzene rings is 2. The Morgan fingerprint density at radius 1 is 1.18 bits per heavy atom. The Bertz CT molecular complexity index is 744. The maximum atomic E-state index is 12.6. The molecule has 0 bridgehead atoms. The van der Waals surface area contributed by atoms with Crippen molar-refractivity contribution < 1.29 is 14.7 Å². The molecule has 1 saturated carbocycles. The lowest BCUT2D eigenvalue weighted by Crippen LogP contribution is -2.40. The molecule has 3 rings (SSSR count). The molecule has 0 aliphatic heterocycles. The van der Waals surface area contributed by atoms with Crippen LogP contribution in [0.1, 0.15) is 29.6 Å². The molecule has 1 aliphatic rings. The van der Waals surface area contributed by atoms with Gasteiger partial charge in [0, 0.05) is 16.1 Å². The van der Waals surface area contributed by atoms with Gasteiger partial charge in [0.05, 0.1) is 5.92 Å². The summed E-state index contributed by atoms with van der Waals surface area (Å²) < 4.78 is 0.831. The van der Waals surface area contributed by atoms with E-state index in [-0.39, 0.29) is 11.9 Å². The first-order valence-corrected chi connectivity index (χ1v) is 8.07. The number of aliphatic carboxylic acids is 1. The minimum absolute atomic E-state index is 0.212. The van der Waals surface area contributed by atoms with E-state index in [1.165, 1.54) is 0 Å². The maximum absolute atomic E-state index is 12.6. The molecule has 0 saturated heterocycles. The Labute approximate surface area is 136 Å². The van der Waals surface area contributed by atoms with Gasteiger partial charge in [0.1, 0.15) is 0 Å². The number of fused-ring (bicyclic) bond motifs is 1. The number of hydrogen-bond donors (Lipinski definition) is 2. The molecule has 22 heavy (non-hydrogen) atoms. The van der Waals surface area contributed by atoms with Gasteiger partial charge in [0.25, 0.3) is 5.91 Å². The molecule has 2 N–H and O–H groups in total. The van der Waals surface area contributed by atoms with Crippen LogP contribution in [-0.4, -0.2) is 23.0 Å². The van der Waals surface area contributed by atoms with Crippen LogP contribution >= 0.6 is 15.9 Å². The lowest BCUT2D eigenvalue weighted by molar-refractivity contribution is -0.142. The summed E-state index contributed by atoms with van der Waals surface area (Å²) in [6, 6.07) is 11.1. The number of amides is 1. The third-order valence-corrected chi connectivity index (χ3v) is 4.68. The van der Waals surface area contributed by atoms with Crippen molar-refractivity contribution in [1.82, 2.24) is 5.32 Å². The molecule has 2 aromatic rings. The molecule has 0 unspecified atom stereocenters. The number of carbonyl (C=O) groups excluding carboxylic acids is 1. The van der Waals surface area contributed by atoms with Crippen molar-refractivity contribution >= 4 is 38.6 Å². The van der Waals surface area contributed by atoms with Crippen LogP contribution in [0.5, 0.6) is 0 Å².